The zero-order valence-electron chi connectivity index (χ0n) is 16.2. The first-order chi connectivity index (χ1) is 13.3. The van der Waals surface area contributed by atoms with Gasteiger partial charge in [-0.05, 0) is 44.5 Å². The first-order valence-corrected chi connectivity index (χ1v) is 10.2. The van der Waals surface area contributed by atoms with Gasteiger partial charge in [-0.2, -0.15) is 17.5 Å². The topological polar surface area (TPSA) is 63.7 Å². The monoisotopic (exact) mass is 429 g/mol. The first kappa shape index (κ1) is 22.9. The highest BCUT2D eigenvalue weighted by Crippen LogP contribution is 2.31. The summed E-state index contributed by atoms with van der Waals surface area (Å²) in [5.41, 5.74) is -1.35. The fraction of sp³-hybridized carbons (Fsp3) is 0.350. The van der Waals surface area contributed by atoms with E-state index in [-0.39, 0.29) is 6.54 Å². The second-order valence-corrected chi connectivity index (χ2v) is 9.31. The SMILES string of the molecule is CC(C)(C)OC(=O)CN(Cc1ccccc1)S(=O)(=O)c1cccc(C(F)(F)F)c1. The van der Waals surface area contributed by atoms with Gasteiger partial charge >= 0.3 is 12.1 Å². The minimum absolute atomic E-state index is 0.196. The van der Waals surface area contributed by atoms with Gasteiger partial charge in [0.25, 0.3) is 0 Å². The van der Waals surface area contributed by atoms with Crippen LogP contribution in [0, 0.1) is 0 Å². The van der Waals surface area contributed by atoms with Gasteiger partial charge in [0.2, 0.25) is 10.0 Å². The van der Waals surface area contributed by atoms with Gasteiger partial charge in [0, 0.05) is 6.54 Å². The van der Waals surface area contributed by atoms with Crippen molar-refractivity contribution in [2.24, 2.45) is 0 Å². The lowest BCUT2D eigenvalue weighted by molar-refractivity contribution is -0.155. The van der Waals surface area contributed by atoms with Crippen LogP contribution in [0.3, 0.4) is 0 Å². The number of carbonyl (C=O) groups is 1. The van der Waals surface area contributed by atoms with Crippen molar-refractivity contribution in [2.45, 2.75) is 44.0 Å². The van der Waals surface area contributed by atoms with Crippen molar-refractivity contribution in [2.75, 3.05) is 6.54 Å². The van der Waals surface area contributed by atoms with Crippen LogP contribution in [-0.4, -0.2) is 30.8 Å². The van der Waals surface area contributed by atoms with Crippen LogP contribution >= 0.6 is 0 Å². The minimum atomic E-state index is -4.69. The molecule has 2 aromatic rings. The van der Waals surface area contributed by atoms with E-state index in [4.69, 9.17) is 4.74 Å². The van der Waals surface area contributed by atoms with E-state index in [2.05, 4.69) is 0 Å². The van der Waals surface area contributed by atoms with Gasteiger partial charge in [-0.25, -0.2) is 8.42 Å². The number of benzene rings is 2. The quantitative estimate of drug-likeness (QED) is 0.645. The van der Waals surface area contributed by atoms with Crippen LogP contribution < -0.4 is 0 Å². The van der Waals surface area contributed by atoms with Crippen molar-refractivity contribution in [1.82, 2.24) is 4.31 Å². The Morgan fingerprint density at radius 1 is 1.00 bits per heavy atom. The van der Waals surface area contributed by atoms with E-state index < -0.39 is 44.8 Å². The molecule has 0 saturated carbocycles. The molecule has 0 heterocycles. The highest BCUT2D eigenvalue weighted by Gasteiger charge is 2.34. The first-order valence-electron chi connectivity index (χ1n) is 8.72. The van der Waals surface area contributed by atoms with Gasteiger partial charge in [0.15, 0.2) is 0 Å². The zero-order valence-corrected chi connectivity index (χ0v) is 17.0. The lowest BCUT2D eigenvalue weighted by Crippen LogP contribution is -2.38. The van der Waals surface area contributed by atoms with Gasteiger partial charge in [-0.3, -0.25) is 4.79 Å². The van der Waals surface area contributed by atoms with Gasteiger partial charge in [0.05, 0.1) is 10.5 Å². The molecule has 0 unspecified atom stereocenters. The van der Waals surface area contributed by atoms with E-state index in [1.807, 2.05) is 0 Å². The molecule has 2 rings (SSSR count). The number of sulfonamides is 1. The third-order valence-electron chi connectivity index (χ3n) is 3.73. The lowest BCUT2D eigenvalue weighted by Gasteiger charge is -2.25. The van der Waals surface area contributed by atoms with Crippen LogP contribution in [0.25, 0.3) is 0 Å². The highest BCUT2D eigenvalue weighted by molar-refractivity contribution is 7.89. The molecule has 2 aromatic carbocycles. The molecule has 0 radical (unpaired) electrons. The highest BCUT2D eigenvalue weighted by atomic mass is 32.2. The van der Waals surface area contributed by atoms with Gasteiger partial charge in [-0.1, -0.05) is 36.4 Å². The van der Waals surface area contributed by atoms with Gasteiger partial charge < -0.3 is 4.74 Å². The number of nitrogens with zero attached hydrogens (tertiary/aromatic N) is 1. The van der Waals surface area contributed by atoms with Crippen molar-refractivity contribution in [3.05, 3.63) is 65.7 Å². The maximum absolute atomic E-state index is 13.1. The van der Waals surface area contributed by atoms with E-state index >= 15 is 0 Å². The molecule has 0 spiro atoms. The van der Waals surface area contributed by atoms with Gasteiger partial charge in [-0.15, -0.1) is 0 Å². The molecule has 0 aliphatic rings. The Hall–Kier alpha value is -2.39. The molecule has 0 saturated heterocycles. The largest absolute Gasteiger partial charge is 0.459 e. The molecule has 0 aliphatic carbocycles. The number of halogens is 3. The van der Waals surface area contributed by atoms with E-state index in [1.165, 1.54) is 0 Å². The molecule has 158 valence electrons. The van der Waals surface area contributed by atoms with Crippen molar-refractivity contribution in [1.29, 1.82) is 0 Å². The minimum Gasteiger partial charge on any atom is -0.459 e. The van der Waals surface area contributed by atoms with Crippen LogP contribution in [0.2, 0.25) is 0 Å². The van der Waals surface area contributed by atoms with Crippen molar-refractivity contribution in [3.63, 3.8) is 0 Å². The molecule has 0 aliphatic heterocycles. The summed E-state index contributed by atoms with van der Waals surface area (Å²) in [7, 11) is -4.40. The molecular formula is C20H22F3NO4S. The predicted octanol–water partition coefficient (Wildman–Crippen LogP) is 4.24. The average Bonchev–Trinajstić information content (AvgIpc) is 2.60. The number of rotatable bonds is 6. The van der Waals surface area contributed by atoms with Gasteiger partial charge in [0.1, 0.15) is 12.1 Å². The predicted molar refractivity (Wildman–Crippen MR) is 101 cm³/mol. The maximum Gasteiger partial charge on any atom is 0.416 e. The summed E-state index contributed by atoms with van der Waals surface area (Å²) < 4.78 is 71.2. The molecule has 0 amide bonds. The smallest absolute Gasteiger partial charge is 0.416 e. The lowest BCUT2D eigenvalue weighted by atomic mass is 10.2. The summed E-state index contributed by atoms with van der Waals surface area (Å²) in [5.74, 6) is -0.802. The second kappa shape index (κ2) is 8.54. The summed E-state index contributed by atoms with van der Waals surface area (Å²) in [6, 6.07) is 11.9. The summed E-state index contributed by atoms with van der Waals surface area (Å²) in [6.45, 7) is 4.07. The fourth-order valence-corrected chi connectivity index (χ4v) is 3.93. The molecule has 0 bridgehead atoms. The second-order valence-electron chi connectivity index (χ2n) is 7.37. The number of alkyl halides is 3. The van der Waals surface area contributed by atoms with Crippen molar-refractivity contribution in [3.8, 4) is 0 Å². The standard InChI is InChI=1S/C20H22F3NO4S/c1-19(2,3)28-18(25)14-24(13-15-8-5-4-6-9-15)29(26,27)17-11-7-10-16(12-17)20(21,22)23/h4-12H,13-14H2,1-3H3. The number of carbonyl (C=O) groups excluding carboxylic acids is 1. The normalized spacial score (nSPS) is 12.8. The number of hydrogen-bond donors (Lipinski definition) is 0. The Morgan fingerprint density at radius 2 is 1.62 bits per heavy atom. The van der Waals surface area contributed by atoms with Crippen LogP contribution in [0.15, 0.2) is 59.5 Å². The van der Waals surface area contributed by atoms with E-state index in [0.717, 1.165) is 22.5 Å². The zero-order chi connectivity index (χ0) is 21.9. The molecule has 0 fully saturated rings. The molecule has 5 nitrogen and oxygen atoms in total. The summed E-state index contributed by atoms with van der Waals surface area (Å²) in [5, 5.41) is 0. The van der Waals surface area contributed by atoms with E-state index in [9.17, 15) is 26.4 Å². The summed E-state index contributed by atoms with van der Waals surface area (Å²) in [4.78, 5) is 11.7. The Kier molecular flexibility index (Phi) is 6.74. The van der Waals surface area contributed by atoms with Crippen molar-refractivity contribution >= 4 is 16.0 Å². The van der Waals surface area contributed by atoms with E-state index in [1.54, 1.807) is 51.1 Å². The average molecular weight is 429 g/mol. The van der Waals surface area contributed by atoms with E-state index in [0.29, 0.717) is 11.6 Å². The number of hydrogen-bond acceptors (Lipinski definition) is 4. The third-order valence-corrected chi connectivity index (χ3v) is 5.51. The molecule has 0 aromatic heterocycles. The number of ether oxygens (including phenoxy) is 1. The molecule has 0 atom stereocenters. The summed E-state index contributed by atoms with van der Waals surface area (Å²) in [6.07, 6.45) is -4.69. The van der Waals surface area contributed by atoms with Crippen LogP contribution in [0.5, 0.6) is 0 Å². The van der Waals surface area contributed by atoms with Crippen LogP contribution in [-0.2, 0) is 32.3 Å². The Morgan fingerprint density at radius 3 is 2.17 bits per heavy atom. The fourth-order valence-electron chi connectivity index (χ4n) is 2.51. The summed E-state index contributed by atoms with van der Waals surface area (Å²) >= 11 is 0. The molecule has 0 N–H and O–H groups in total. The Bertz CT molecular complexity index is 952. The van der Waals surface area contributed by atoms with Crippen molar-refractivity contribution < 1.29 is 31.1 Å². The third kappa shape index (κ3) is 6.57. The molecular weight excluding hydrogens is 407 g/mol. The maximum atomic E-state index is 13.1. The Labute approximate surface area is 168 Å². The molecule has 9 heteroatoms. The molecule has 29 heavy (non-hydrogen) atoms. The number of esters is 1. The Balaban J connectivity index is 2.42. The van der Waals surface area contributed by atoms with Crippen LogP contribution in [0.4, 0.5) is 13.2 Å². The van der Waals surface area contributed by atoms with Crippen LogP contribution in [0.1, 0.15) is 31.9 Å².